The van der Waals surface area contributed by atoms with E-state index in [0.717, 1.165) is 5.56 Å². The number of urea groups is 1. The standard InChI is InChI=1S/C10H11N3O3/c14-9(15)6-13-8(5-12-10(13)16)7-1-3-11-4-2-7/h1-4,8H,5-6H2,(H,12,16)(H,14,15). The van der Waals surface area contributed by atoms with Gasteiger partial charge in [-0.15, -0.1) is 0 Å². The van der Waals surface area contributed by atoms with Crippen LogP contribution in [0.3, 0.4) is 0 Å². The van der Waals surface area contributed by atoms with Gasteiger partial charge in [0.15, 0.2) is 0 Å². The van der Waals surface area contributed by atoms with Crippen LogP contribution in [0.15, 0.2) is 24.5 Å². The first-order valence-corrected chi connectivity index (χ1v) is 4.84. The summed E-state index contributed by atoms with van der Waals surface area (Å²) in [6, 6.07) is 2.98. The molecule has 0 aliphatic carbocycles. The number of carboxylic acid groups (broad SMARTS) is 1. The van der Waals surface area contributed by atoms with Crippen molar-refractivity contribution in [3.8, 4) is 0 Å². The molecule has 1 aromatic heterocycles. The minimum atomic E-state index is -1.02. The number of carboxylic acids is 1. The van der Waals surface area contributed by atoms with Gasteiger partial charge < -0.3 is 15.3 Å². The number of amides is 2. The third-order valence-corrected chi connectivity index (χ3v) is 2.48. The van der Waals surface area contributed by atoms with Crippen molar-refractivity contribution in [1.29, 1.82) is 0 Å². The second-order valence-electron chi connectivity index (χ2n) is 3.50. The smallest absolute Gasteiger partial charge is 0.323 e. The minimum Gasteiger partial charge on any atom is -0.480 e. The van der Waals surface area contributed by atoms with Crippen molar-refractivity contribution in [2.45, 2.75) is 6.04 Å². The molecule has 1 saturated heterocycles. The number of aromatic nitrogens is 1. The van der Waals surface area contributed by atoms with Crippen LogP contribution in [0.5, 0.6) is 0 Å². The molecule has 16 heavy (non-hydrogen) atoms. The fraction of sp³-hybridized carbons (Fsp3) is 0.300. The van der Waals surface area contributed by atoms with Crippen LogP contribution < -0.4 is 5.32 Å². The fourth-order valence-electron chi connectivity index (χ4n) is 1.75. The third kappa shape index (κ3) is 1.95. The summed E-state index contributed by atoms with van der Waals surface area (Å²) < 4.78 is 0. The lowest BCUT2D eigenvalue weighted by Gasteiger charge is -2.21. The maximum atomic E-state index is 11.4. The summed E-state index contributed by atoms with van der Waals surface area (Å²) in [7, 11) is 0. The predicted molar refractivity (Wildman–Crippen MR) is 54.7 cm³/mol. The molecule has 0 spiro atoms. The van der Waals surface area contributed by atoms with Crippen LogP contribution >= 0.6 is 0 Å². The molecule has 2 amide bonds. The van der Waals surface area contributed by atoms with Gasteiger partial charge in [-0.25, -0.2) is 4.79 Å². The quantitative estimate of drug-likeness (QED) is 0.765. The summed E-state index contributed by atoms with van der Waals surface area (Å²) in [5.41, 5.74) is 0.884. The van der Waals surface area contributed by atoms with Crippen molar-refractivity contribution < 1.29 is 14.7 Å². The summed E-state index contributed by atoms with van der Waals surface area (Å²) in [5.74, 6) is -1.02. The largest absolute Gasteiger partial charge is 0.480 e. The van der Waals surface area contributed by atoms with Crippen molar-refractivity contribution in [2.24, 2.45) is 0 Å². The highest BCUT2D eigenvalue weighted by Crippen LogP contribution is 2.23. The number of aliphatic carboxylic acids is 1. The van der Waals surface area contributed by atoms with E-state index in [9.17, 15) is 9.59 Å². The van der Waals surface area contributed by atoms with Gasteiger partial charge >= 0.3 is 12.0 Å². The van der Waals surface area contributed by atoms with Crippen LogP contribution in [0.2, 0.25) is 0 Å². The maximum absolute atomic E-state index is 11.4. The molecule has 6 heteroatoms. The molecule has 1 fully saturated rings. The second-order valence-corrected chi connectivity index (χ2v) is 3.50. The number of hydrogen-bond donors (Lipinski definition) is 2. The Morgan fingerprint density at radius 3 is 2.88 bits per heavy atom. The zero-order chi connectivity index (χ0) is 11.5. The molecule has 1 atom stereocenters. The van der Waals surface area contributed by atoms with Gasteiger partial charge in [-0.1, -0.05) is 0 Å². The van der Waals surface area contributed by atoms with E-state index in [-0.39, 0.29) is 18.6 Å². The molecule has 2 rings (SSSR count). The Bertz CT molecular complexity index is 407. The summed E-state index contributed by atoms with van der Waals surface area (Å²) in [5, 5.41) is 11.3. The van der Waals surface area contributed by atoms with E-state index in [1.165, 1.54) is 4.90 Å². The van der Waals surface area contributed by atoms with Gasteiger partial charge in [0.2, 0.25) is 0 Å². The summed E-state index contributed by atoms with van der Waals surface area (Å²) in [6.07, 6.45) is 3.24. The van der Waals surface area contributed by atoms with E-state index in [1.807, 2.05) is 0 Å². The Morgan fingerprint density at radius 2 is 2.25 bits per heavy atom. The first kappa shape index (κ1) is 10.4. The molecule has 84 valence electrons. The highest BCUT2D eigenvalue weighted by molar-refractivity contribution is 5.82. The van der Waals surface area contributed by atoms with Crippen molar-refractivity contribution in [3.05, 3.63) is 30.1 Å². The van der Waals surface area contributed by atoms with Gasteiger partial charge in [0.25, 0.3) is 0 Å². The highest BCUT2D eigenvalue weighted by Gasteiger charge is 2.32. The lowest BCUT2D eigenvalue weighted by Crippen LogP contribution is -2.34. The Hall–Kier alpha value is -2.11. The van der Waals surface area contributed by atoms with E-state index < -0.39 is 5.97 Å². The molecule has 1 aliphatic rings. The molecule has 2 heterocycles. The fourth-order valence-corrected chi connectivity index (χ4v) is 1.75. The number of hydrogen-bond acceptors (Lipinski definition) is 3. The molecule has 1 unspecified atom stereocenters. The molecule has 1 aliphatic heterocycles. The average molecular weight is 221 g/mol. The van der Waals surface area contributed by atoms with E-state index >= 15 is 0 Å². The van der Waals surface area contributed by atoms with E-state index in [2.05, 4.69) is 10.3 Å². The maximum Gasteiger partial charge on any atom is 0.323 e. The topological polar surface area (TPSA) is 82.5 Å². The van der Waals surface area contributed by atoms with Crippen molar-refractivity contribution >= 4 is 12.0 Å². The average Bonchev–Trinajstić information content (AvgIpc) is 2.61. The number of pyridine rings is 1. The second kappa shape index (κ2) is 4.18. The monoisotopic (exact) mass is 221 g/mol. The van der Waals surface area contributed by atoms with Gasteiger partial charge in [-0.3, -0.25) is 9.78 Å². The van der Waals surface area contributed by atoms with Crippen LogP contribution in [0.4, 0.5) is 4.79 Å². The number of nitrogens with zero attached hydrogens (tertiary/aromatic N) is 2. The summed E-state index contributed by atoms with van der Waals surface area (Å²) in [4.78, 5) is 27.3. The third-order valence-electron chi connectivity index (χ3n) is 2.48. The summed E-state index contributed by atoms with van der Waals surface area (Å²) >= 11 is 0. The Kier molecular flexibility index (Phi) is 2.72. The highest BCUT2D eigenvalue weighted by atomic mass is 16.4. The van der Waals surface area contributed by atoms with Crippen LogP contribution in [0.25, 0.3) is 0 Å². The van der Waals surface area contributed by atoms with Crippen molar-refractivity contribution in [3.63, 3.8) is 0 Å². The Balaban J connectivity index is 2.21. The van der Waals surface area contributed by atoms with Gasteiger partial charge in [-0.2, -0.15) is 0 Å². The van der Waals surface area contributed by atoms with Gasteiger partial charge in [-0.05, 0) is 17.7 Å². The molecule has 2 N–H and O–H groups in total. The Labute approximate surface area is 91.9 Å². The van der Waals surface area contributed by atoms with Crippen molar-refractivity contribution in [2.75, 3.05) is 13.1 Å². The molecule has 0 aromatic carbocycles. The predicted octanol–water partition coefficient (Wildman–Crippen LogP) is 0.232. The Morgan fingerprint density at radius 1 is 1.56 bits per heavy atom. The number of rotatable bonds is 3. The SMILES string of the molecule is O=C(O)CN1C(=O)NCC1c1ccncc1. The normalized spacial score (nSPS) is 19.6. The molecule has 0 radical (unpaired) electrons. The molecule has 6 nitrogen and oxygen atoms in total. The van der Waals surface area contributed by atoms with Gasteiger partial charge in [0, 0.05) is 18.9 Å². The molecule has 0 bridgehead atoms. The van der Waals surface area contributed by atoms with Crippen LogP contribution in [-0.4, -0.2) is 40.1 Å². The molecule has 1 aromatic rings. The van der Waals surface area contributed by atoms with Crippen LogP contribution in [0.1, 0.15) is 11.6 Å². The minimum absolute atomic E-state index is 0.230. The lowest BCUT2D eigenvalue weighted by molar-refractivity contribution is -0.137. The van der Waals surface area contributed by atoms with Crippen molar-refractivity contribution in [1.82, 2.24) is 15.2 Å². The van der Waals surface area contributed by atoms with Crippen LogP contribution in [0, 0.1) is 0 Å². The van der Waals surface area contributed by atoms with E-state index in [4.69, 9.17) is 5.11 Å². The van der Waals surface area contributed by atoms with Crippen LogP contribution in [-0.2, 0) is 4.79 Å². The zero-order valence-electron chi connectivity index (χ0n) is 8.46. The first-order chi connectivity index (χ1) is 7.68. The molecular formula is C10H11N3O3. The number of carbonyl (C=O) groups is 2. The van der Waals surface area contributed by atoms with E-state index in [1.54, 1.807) is 24.5 Å². The van der Waals surface area contributed by atoms with E-state index in [0.29, 0.717) is 6.54 Å². The van der Waals surface area contributed by atoms with Gasteiger partial charge in [0.1, 0.15) is 6.54 Å². The number of nitrogens with one attached hydrogen (secondary N) is 1. The molecule has 0 saturated carbocycles. The lowest BCUT2D eigenvalue weighted by atomic mass is 10.1. The number of carbonyl (C=O) groups excluding carboxylic acids is 1. The first-order valence-electron chi connectivity index (χ1n) is 4.84. The van der Waals surface area contributed by atoms with Gasteiger partial charge in [0.05, 0.1) is 6.04 Å². The summed E-state index contributed by atoms with van der Waals surface area (Å²) in [6.45, 7) is 0.134. The zero-order valence-corrected chi connectivity index (χ0v) is 8.46. The molecular weight excluding hydrogens is 210 g/mol.